The fraction of sp³-hybridized carbons (Fsp3) is 0.294. The van der Waals surface area contributed by atoms with E-state index in [2.05, 4.69) is 0 Å². The third-order valence-electron chi connectivity index (χ3n) is 3.58. The standard InChI is InChI=1S/C17H19F2NO/c1-12-7-8-13(11-15(12)19)17(21)9-10-20(2)16-6-4-3-5-14(16)18/h3-8,11,17,21H,9-10H2,1-2H3. The van der Waals surface area contributed by atoms with Crippen LogP contribution in [0.15, 0.2) is 42.5 Å². The molecule has 21 heavy (non-hydrogen) atoms. The van der Waals surface area contributed by atoms with Crippen LogP contribution in [-0.2, 0) is 0 Å². The van der Waals surface area contributed by atoms with Crippen molar-refractivity contribution in [2.45, 2.75) is 19.4 Å². The van der Waals surface area contributed by atoms with Crippen molar-refractivity contribution in [2.75, 3.05) is 18.5 Å². The van der Waals surface area contributed by atoms with Crippen LogP contribution < -0.4 is 4.90 Å². The number of benzene rings is 2. The quantitative estimate of drug-likeness (QED) is 0.905. The number of aliphatic hydroxyl groups is 1. The number of hydrogen-bond acceptors (Lipinski definition) is 2. The Kier molecular flexibility index (Phi) is 4.91. The average Bonchev–Trinajstić information content (AvgIpc) is 2.47. The van der Waals surface area contributed by atoms with Gasteiger partial charge in [-0.15, -0.1) is 0 Å². The fourth-order valence-electron chi connectivity index (χ4n) is 2.18. The highest BCUT2D eigenvalue weighted by Gasteiger charge is 2.12. The van der Waals surface area contributed by atoms with Gasteiger partial charge in [0.1, 0.15) is 11.6 Å². The van der Waals surface area contributed by atoms with E-state index < -0.39 is 6.10 Å². The van der Waals surface area contributed by atoms with Gasteiger partial charge in [0.2, 0.25) is 0 Å². The van der Waals surface area contributed by atoms with Gasteiger partial charge >= 0.3 is 0 Å². The second-order valence-corrected chi connectivity index (χ2v) is 5.19. The van der Waals surface area contributed by atoms with Crippen LogP contribution in [0, 0.1) is 18.6 Å². The highest BCUT2D eigenvalue weighted by Crippen LogP contribution is 2.22. The Hall–Kier alpha value is -1.94. The number of halogens is 2. The second-order valence-electron chi connectivity index (χ2n) is 5.19. The van der Waals surface area contributed by atoms with Crippen LogP contribution in [0.25, 0.3) is 0 Å². The van der Waals surface area contributed by atoms with Gasteiger partial charge in [-0.05, 0) is 42.7 Å². The Balaban J connectivity index is 1.99. The van der Waals surface area contributed by atoms with Gasteiger partial charge in [-0.3, -0.25) is 0 Å². The largest absolute Gasteiger partial charge is 0.388 e. The van der Waals surface area contributed by atoms with Gasteiger partial charge < -0.3 is 10.0 Å². The molecule has 0 fully saturated rings. The molecule has 1 N–H and O–H groups in total. The summed E-state index contributed by atoms with van der Waals surface area (Å²) in [6, 6.07) is 11.2. The summed E-state index contributed by atoms with van der Waals surface area (Å²) in [4.78, 5) is 1.74. The number of hydrogen-bond donors (Lipinski definition) is 1. The van der Waals surface area contributed by atoms with Crippen LogP contribution in [0.1, 0.15) is 23.7 Å². The van der Waals surface area contributed by atoms with Crippen molar-refractivity contribution in [3.05, 3.63) is 65.2 Å². The zero-order valence-electron chi connectivity index (χ0n) is 12.2. The average molecular weight is 291 g/mol. The summed E-state index contributed by atoms with van der Waals surface area (Å²) < 4.78 is 27.1. The molecule has 2 aromatic carbocycles. The molecule has 0 amide bonds. The number of aliphatic hydroxyl groups excluding tert-OH is 1. The van der Waals surface area contributed by atoms with E-state index in [1.54, 1.807) is 49.2 Å². The molecular weight excluding hydrogens is 272 g/mol. The molecule has 0 aliphatic rings. The minimum atomic E-state index is -0.769. The third kappa shape index (κ3) is 3.79. The molecule has 0 aromatic heterocycles. The molecule has 2 rings (SSSR count). The van der Waals surface area contributed by atoms with Crippen molar-refractivity contribution in [2.24, 2.45) is 0 Å². The van der Waals surface area contributed by atoms with E-state index in [1.807, 2.05) is 0 Å². The number of anilines is 1. The van der Waals surface area contributed by atoms with Gasteiger partial charge in [0.05, 0.1) is 11.8 Å². The summed E-state index contributed by atoms with van der Waals surface area (Å²) in [6.45, 7) is 2.15. The third-order valence-corrected chi connectivity index (χ3v) is 3.58. The minimum Gasteiger partial charge on any atom is -0.388 e. The normalized spacial score (nSPS) is 12.2. The summed E-state index contributed by atoms with van der Waals surface area (Å²) in [6.07, 6.45) is -0.373. The lowest BCUT2D eigenvalue weighted by molar-refractivity contribution is 0.169. The maximum absolute atomic E-state index is 13.6. The summed E-state index contributed by atoms with van der Waals surface area (Å²) in [7, 11) is 1.76. The molecule has 1 unspecified atom stereocenters. The molecule has 0 bridgehead atoms. The predicted octanol–water partition coefficient (Wildman–Crippen LogP) is 3.83. The first kappa shape index (κ1) is 15.4. The van der Waals surface area contributed by atoms with Crippen LogP contribution in [-0.4, -0.2) is 18.7 Å². The lowest BCUT2D eigenvalue weighted by atomic mass is 10.0. The van der Waals surface area contributed by atoms with Crippen molar-refractivity contribution in [1.29, 1.82) is 0 Å². The Bertz CT molecular complexity index is 615. The summed E-state index contributed by atoms with van der Waals surface area (Å²) >= 11 is 0. The van der Waals surface area contributed by atoms with Gasteiger partial charge in [-0.1, -0.05) is 24.3 Å². The van der Waals surface area contributed by atoms with Crippen LogP contribution in [0.2, 0.25) is 0 Å². The molecule has 4 heteroatoms. The maximum Gasteiger partial charge on any atom is 0.146 e. The molecule has 112 valence electrons. The van der Waals surface area contributed by atoms with E-state index in [1.165, 1.54) is 12.1 Å². The molecule has 1 atom stereocenters. The Morgan fingerprint density at radius 1 is 1.10 bits per heavy atom. The van der Waals surface area contributed by atoms with Crippen molar-refractivity contribution in [1.82, 2.24) is 0 Å². The number of nitrogens with zero attached hydrogens (tertiary/aromatic N) is 1. The van der Waals surface area contributed by atoms with Crippen LogP contribution >= 0.6 is 0 Å². The molecule has 0 radical (unpaired) electrons. The van der Waals surface area contributed by atoms with Gasteiger partial charge in [0, 0.05) is 13.6 Å². The van der Waals surface area contributed by atoms with Crippen LogP contribution in [0.4, 0.5) is 14.5 Å². The van der Waals surface area contributed by atoms with Gasteiger partial charge in [-0.25, -0.2) is 8.78 Å². The maximum atomic E-state index is 13.6. The van der Waals surface area contributed by atoms with E-state index in [-0.39, 0.29) is 11.6 Å². The zero-order valence-corrected chi connectivity index (χ0v) is 12.2. The first-order valence-electron chi connectivity index (χ1n) is 6.89. The van der Waals surface area contributed by atoms with E-state index in [0.29, 0.717) is 29.8 Å². The van der Waals surface area contributed by atoms with Gasteiger partial charge in [-0.2, -0.15) is 0 Å². The van der Waals surface area contributed by atoms with Crippen LogP contribution in [0.5, 0.6) is 0 Å². The van der Waals surface area contributed by atoms with E-state index in [0.717, 1.165) is 0 Å². The van der Waals surface area contributed by atoms with Gasteiger partial charge in [0.25, 0.3) is 0 Å². The first-order valence-corrected chi connectivity index (χ1v) is 6.89. The molecule has 0 saturated heterocycles. The first-order chi connectivity index (χ1) is 9.99. The van der Waals surface area contributed by atoms with E-state index in [9.17, 15) is 13.9 Å². The monoisotopic (exact) mass is 291 g/mol. The smallest absolute Gasteiger partial charge is 0.146 e. The molecule has 0 heterocycles. The molecule has 0 saturated carbocycles. The molecule has 0 aliphatic heterocycles. The SMILES string of the molecule is Cc1ccc(C(O)CCN(C)c2ccccc2F)cc1F. The van der Waals surface area contributed by atoms with Crippen molar-refractivity contribution >= 4 is 5.69 Å². The van der Waals surface area contributed by atoms with E-state index >= 15 is 0 Å². The number of aryl methyl sites for hydroxylation is 1. The summed E-state index contributed by atoms with van der Waals surface area (Å²) in [5.74, 6) is -0.620. The topological polar surface area (TPSA) is 23.5 Å². The highest BCUT2D eigenvalue weighted by atomic mass is 19.1. The Morgan fingerprint density at radius 3 is 2.48 bits per heavy atom. The predicted molar refractivity (Wildman–Crippen MR) is 80.4 cm³/mol. The molecule has 0 aliphatic carbocycles. The molecular formula is C17H19F2NO. The zero-order chi connectivity index (χ0) is 15.4. The van der Waals surface area contributed by atoms with Crippen molar-refractivity contribution in [3.8, 4) is 0 Å². The second kappa shape index (κ2) is 6.68. The minimum absolute atomic E-state index is 0.295. The molecule has 2 aromatic rings. The fourth-order valence-corrected chi connectivity index (χ4v) is 2.18. The molecule has 0 spiro atoms. The summed E-state index contributed by atoms with van der Waals surface area (Å²) in [5.41, 5.74) is 1.58. The van der Waals surface area contributed by atoms with E-state index in [4.69, 9.17) is 0 Å². The Labute approximate surface area is 123 Å². The lowest BCUT2D eigenvalue weighted by Gasteiger charge is -2.21. The highest BCUT2D eigenvalue weighted by molar-refractivity contribution is 5.46. The number of rotatable bonds is 5. The van der Waals surface area contributed by atoms with Crippen molar-refractivity contribution in [3.63, 3.8) is 0 Å². The lowest BCUT2D eigenvalue weighted by Crippen LogP contribution is -2.21. The van der Waals surface area contributed by atoms with Crippen LogP contribution in [0.3, 0.4) is 0 Å². The summed E-state index contributed by atoms with van der Waals surface area (Å²) in [5, 5.41) is 10.1. The van der Waals surface area contributed by atoms with Gasteiger partial charge in [0.15, 0.2) is 0 Å². The molecule has 2 nitrogen and oxygen atoms in total. The van der Waals surface area contributed by atoms with Crippen molar-refractivity contribution < 1.29 is 13.9 Å². The number of para-hydroxylation sites is 1. The Morgan fingerprint density at radius 2 is 1.81 bits per heavy atom.